The normalized spacial score (nSPS) is 16.1. The van der Waals surface area contributed by atoms with E-state index in [4.69, 9.17) is 19.2 Å². The van der Waals surface area contributed by atoms with Gasteiger partial charge in [-0.3, -0.25) is 14.5 Å². The van der Waals surface area contributed by atoms with Gasteiger partial charge in [-0.05, 0) is 86.3 Å². The molecule has 1 N–H and O–H groups in total. The van der Waals surface area contributed by atoms with Crippen molar-refractivity contribution in [3.63, 3.8) is 0 Å². The summed E-state index contributed by atoms with van der Waals surface area (Å²) in [5.74, 6) is -0.270. The predicted octanol–water partition coefficient (Wildman–Crippen LogP) is 7.29. The van der Waals surface area contributed by atoms with Crippen LogP contribution in [0.2, 0.25) is 0 Å². The van der Waals surface area contributed by atoms with Crippen LogP contribution in [0, 0.1) is 13.8 Å². The lowest BCUT2D eigenvalue weighted by Gasteiger charge is -2.24. The molecular formula is C34H34N2O6S. The van der Waals surface area contributed by atoms with Crippen LogP contribution in [-0.4, -0.2) is 41.6 Å². The molecule has 9 heteroatoms. The van der Waals surface area contributed by atoms with E-state index in [0.29, 0.717) is 46.7 Å². The Kier molecular flexibility index (Phi) is 8.82. The highest BCUT2D eigenvalue weighted by molar-refractivity contribution is 7.22. The summed E-state index contributed by atoms with van der Waals surface area (Å²) in [6.45, 7) is 12.8. The van der Waals surface area contributed by atoms with Crippen LogP contribution in [0.25, 0.3) is 16.0 Å². The first-order chi connectivity index (χ1) is 20.8. The zero-order valence-corrected chi connectivity index (χ0v) is 25.5. The molecule has 2 heterocycles. The second-order valence-electron chi connectivity index (χ2n) is 10.2. The first kappa shape index (κ1) is 29.8. The number of nitrogens with zero attached hydrogens (tertiary/aromatic N) is 2. The van der Waals surface area contributed by atoms with Crippen molar-refractivity contribution >= 4 is 44.1 Å². The Hall–Kier alpha value is -4.63. The molecule has 0 radical (unpaired) electrons. The zero-order valence-electron chi connectivity index (χ0n) is 24.7. The van der Waals surface area contributed by atoms with Gasteiger partial charge in [0.25, 0.3) is 5.78 Å². The lowest BCUT2D eigenvalue weighted by Crippen LogP contribution is -2.29. The average Bonchev–Trinajstić information content (AvgIpc) is 3.53. The van der Waals surface area contributed by atoms with Gasteiger partial charge in [0.05, 0.1) is 35.0 Å². The number of thiazole rings is 1. The van der Waals surface area contributed by atoms with Crippen LogP contribution in [0.3, 0.4) is 0 Å². The molecule has 1 saturated heterocycles. The highest BCUT2D eigenvalue weighted by Crippen LogP contribution is 2.46. The summed E-state index contributed by atoms with van der Waals surface area (Å²) >= 11 is 1.33. The number of amides is 1. The van der Waals surface area contributed by atoms with Crippen molar-refractivity contribution in [2.45, 2.75) is 40.2 Å². The number of ketones is 1. The summed E-state index contributed by atoms with van der Waals surface area (Å²) < 4.78 is 18.2. The minimum absolute atomic E-state index is 0.0402. The number of ether oxygens (including phenoxy) is 3. The van der Waals surface area contributed by atoms with Crippen molar-refractivity contribution in [3.8, 4) is 17.2 Å². The molecule has 1 unspecified atom stereocenters. The molecule has 43 heavy (non-hydrogen) atoms. The molecule has 1 aliphatic heterocycles. The molecule has 1 amide bonds. The fraction of sp³-hybridized carbons (Fsp3) is 0.265. The number of hydrogen-bond acceptors (Lipinski definition) is 8. The van der Waals surface area contributed by atoms with E-state index in [2.05, 4.69) is 6.58 Å². The first-order valence-electron chi connectivity index (χ1n) is 14.2. The van der Waals surface area contributed by atoms with E-state index < -0.39 is 17.7 Å². The number of aromatic nitrogens is 1. The Balaban J connectivity index is 1.69. The number of fused-ring (bicyclic) bond motifs is 1. The van der Waals surface area contributed by atoms with E-state index in [9.17, 15) is 14.7 Å². The molecule has 222 valence electrons. The van der Waals surface area contributed by atoms with Gasteiger partial charge >= 0.3 is 5.91 Å². The van der Waals surface area contributed by atoms with Crippen molar-refractivity contribution in [3.05, 3.63) is 95.1 Å². The van der Waals surface area contributed by atoms with Gasteiger partial charge in [0.15, 0.2) is 16.6 Å². The number of aryl methyl sites for hydroxylation is 2. The number of benzene rings is 3. The number of hydrogen-bond donors (Lipinski definition) is 1. The van der Waals surface area contributed by atoms with Gasteiger partial charge < -0.3 is 19.3 Å². The van der Waals surface area contributed by atoms with E-state index in [1.54, 1.807) is 48.5 Å². The Morgan fingerprint density at radius 2 is 1.79 bits per heavy atom. The topological polar surface area (TPSA) is 98.2 Å². The van der Waals surface area contributed by atoms with Gasteiger partial charge in [-0.15, -0.1) is 0 Å². The van der Waals surface area contributed by atoms with Gasteiger partial charge in [0.1, 0.15) is 18.1 Å². The minimum Gasteiger partial charge on any atom is -0.507 e. The maximum Gasteiger partial charge on any atom is 0.301 e. The summed E-state index contributed by atoms with van der Waals surface area (Å²) in [6, 6.07) is 15.1. The summed E-state index contributed by atoms with van der Waals surface area (Å²) in [5.41, 5.74) is 3.71. The van der Waals surface area contributed by atoms with Crippen LogP contribution in [0.1, 0.15) is 48.6 Å². The molecule has 4 aromatic rings. The maximum atomic E-state index is 13.8. The SMILES string of the molecule is C=CCOc1ccc(C2C(=C(O)c3ccc(OCCC)cc3)C(=O)C(=O)N2c2nc3c(C)cc(C)cc3s2)cc1OCC. The molecule has 0 aliphatic carbocycles. The standard InChI is InChI=1S/C34H34N2O6S/c1-6-15-41-24-12-9-22(10-13-24)31(37)28-30(23-11-14-25(42-16-7-2)26(19-23)40-8-3)36(33(39)32(28)38)34-35-29-21(5)17-20(4)18-27(29)43-34/h7,9-14,17-19,30,37H,2,6,8,15-16H2,1,3-5H3. The molecule has 5 rings (SSSR count). The summed E-state index contributed by atoms with van der Waals surface area (Å²) in [5, 5.41) is 12.0. The molecule has 8 nitrogen and oxygen atoms in total. The number of aliphatic hydroxyl groups excluding tert-OH is 1. The molecule has 1 aliphatic rings. The third-order valence-corrected chi connectivity index (χ3v) is 8.01. The maximum absolute atomic E-state index is 13.8. The van der Waals surface area contributed by atoms with Crippen LogP contribution in [0.15, 0.2) is 72.8 Å². The molecule has 1 atom stereocenters. The number of rotatable bonds is 11. The third kappa shape index (κ3) is 5.85. The Morgan fingerprint density at radius 3 is 2.49 bits per heavy atom. The van der Waals surface area contributed by atoms with Crippen LogP contribution in [-0.2, 0) is 9.59 Å². The van der Waals surface area contributed by atoms with Crippen molar-refractivity contribution < 1.29 is 28.9 Å². The number of Topliss-reactive ketones (excluding diaryl/α,β-unsaturated/α-hetero) is 1. The molecule has 3 aromatic carbocycles. The zero-order chi connectivity index (χ0) is 30.7. The fourth-order valence-electron chi connectivity index (χ4n) is 5.12. The molecule has 1 fully saturated rings. The Morgan fingerprint density at radius 1 is 1.02 bits per heavy atom. The molecule has 0 bridgehead atoms. The van der Waals surface area contributed by atoms with E-state index in [1.807, 2.05) is 39.8 Å². The summed E-state index contributed by atoms with van der Waals surface area (Å²) in [7, 11) is 0. The van der Waals surface area contributed by atoms with Gasteiger partial charge in [-0.25, -0.2) is 4.98 Å². The van der Waals surface area contributed by atoms with Crippen LogP contribution in [0.5, 0.6) is 17.2 Å². The second-order valence-corrected chi connectivity index (χ2v) is 11.2. The number of aliphatic hydroxyl groups is 1. The Bertz CT molecular complexity index is 1720. The lowest BCUT2D eigenvalue weighted by molar-refractivity contribution is -0.132. The predicted molar refractivity (Wildman–Crippen MR) is 169 cm³/mol. The van der Waals surface area contributed by atoms with Crippen LogP contribution in [0.4, 0.5) is 5.13 Å². The van der Waals surface area contributed by atoms with E-state index in [1.165, 1.54) is 16.2 Å². The second kappa shape index (κ2) is 12.7. The molecule has 0 spiro atoms. The average molecular weight is 599 g/mol. The summed E-state index contributed by atoms with van der Waals surface area (Å²) in [6.07, 6.45) is 2.49. The van der Waals surface area contributed by atoms with Crippen LogP contribution >= 0.6 is 11.3 Å². The van der Waals surface area contributed by atoms with Gasteiger partial charge in [-0.2, -0.15) is 0 Å². The molecule has 0 saturated carbocycles. The van der Waals surface area contributed by atoms with Gasteiger partial charge in [-0.1, -0.05) is 43.0 Å². The lowest BCUT2D eigenvalue weighted by atomic mass is 9.95. The molecular weight excluding hydrogens is 564 g/mol. The minimum atomic E-state index is -0.967. The van der Waals surface area contributed by atoms with Crippen molar-refractivity contribution in [2.75, 3.05) is 24.7 Å². The summed E-state index contributed by atoms with van der Waals surface area (Å²) in [4.78, 5) is 33.7. The van der Waals surface area contributed by atoms with E-state index in [-0.39, 0.29) is 17.9 Å². The van der Waals surface area contributed by atoms with Gasteiger partial charge in [0.2, 0.25) is 0 Å². The monoisotopic (exact) mass is 598 g/mol. The Labute approximate surface area is 254 Å². The van der Waals surface area contributed by atoms with E-state index in [0.717, 1.165) is 27.8 Å². The van der Waals surface area contributed by atoms with Crippen molar-refractivity contribution in [1.82, 2.24) is 4.98 Å². The highest BCUT2D eigenvalue weighted by Gasteiger charge is 2.48. The number of carbonyl (C=O) groups excluding carboxylic acids is 2. The van der Waals surface area contributed by atoms with Crippen LogP contribution < -0.4 is 19.1 Å². The fourth-order valence-corrected chi connectivity index (χ4v) is 6.29. The number of anilines is 1. The number of carbonyl (C=O) groups is 2. The van der Waals surface area contributed by atoms with Gasteiger partial charge in [0, 0.05) is 5.56 Å². The smallest absolute Gasteiger partial charge is 0.301 e. The largest absolute Gasteiger partial charge is 0.507 e. The highest BCUT2D eigenvalue weighted by atomic mass is 32.1. The third-order valence-electron chi connectivity index (χ3n) is 7.01. The van der Waals surface area contributed by atoms with Crippen molar-refractivity contribution in [1.29, 1.82) is 0 Å². The first-order valence-corrected chi connectivity index (χ1v) is 15.0. The van der Waals surface area contributed by atoms with Crippen molar-refractivity contribution in [2.24, 2.45) is 0 Å². The molecule has 1 aromatic heterocycles. The van der Waals surface area contributed by atoms with E-state index >= 15 is 0 Å². The quantitative estimate of drug-likeness (QED) is 0.0838.